The Morgan fingerprint density at radius 2 is 2.33 bits per heavy atom. The summed E-state index contributed by atoms with van der Waals surface area (Å²) in [6.07, 6.45) is 3.31. The molecule has 0 amide bonds. The van der Waals surface area contributed by atoms with Crippen molar-refractivity contribution in [2.75, 3.05) is 0 Å². The SMILES string of the molecule is CCn1cc(I)c(=O)c(C#N)c1. The lowest BCUT2D eigenvalue weighted by atomic mass is 10.3. The minimum Gasteiger partial charge on any atom is -0.352 e. The van der Waals surface area contributed by atoms with Crippen LogP contribution in [0.25, 0.3) is 0 Å². The average molecular weight is 274 g/mol. The third-order valence-corrected chi connectivity index (χ3v) is 2.29. The van der Waals surface area contributed by atoms with Crippen molar-refractivity contribution in [3.8, 4) is 6.07 Å². The van der Waals surface area contributed by atoms with Crippen molar-refractivity contribution in [2.24, 2.45) is 0 Å². The zero-order valence-electron chi connectivity index (χ0n) is 6.54. The summed E-state index contributed by atoms with van der Waals surface area (Å²) in [4.78, 5) is 11.2. The second-order valence-corrected chi connectivity index (χ2v) is 3.45. The molecule has 0 N–H and O–H groups in total. The van der Waals surface area contributed by atoms with Gasteiger partial charge in [-0.2, -0.15) is 5.26 Å². The van der Waals surface area contributed by atoms with E-state index in [1.807, 2.05) is 40.2 Å². The molecule has 0 atom stereocenters. The minimum atomic E-state index is -0.178. The smallest absolute Gasteiger partial charge is 0.212 e. The first-order valence-electron chi connectivity index (χ1n) is 3.48. The third-order valence-electron chi connectivity index (χ3n) is 1.52. The maximum atomic E-state index is 11.2. The number of hydrogen-bond acceptors (Lipinski definition) is 2. The van der Waals surface area contributed by atoms with Crippen LogP contribution in [0, 0.1) is 14.9 Å². The van der Waals surface area contributed by atoms with Crippen LogP contribution in [-0.4, -0.2) is 4.57 Å². The van der Waals surface area contributed by atoms with Crippen molar-refractivity contribution < 1.29 is 0 Å². The lowest BCUT2D eigenvalue weighted by Gasteiger charge is -2.02. The normalized spacial score (nSPS) is 9.42. The number of halogens is 1. The number of rotatable bonds is 1. The fraction of sp³-hybridized carbons (Fsp3) is 0.250. The molecular weight excluding hydrogens is 267 g/mol. The molecule has 0 fully saturated rings. The molecule has 0 saturated heterocycles. The molecular formula is C8H7IN2O. The van der Waals surface area contributed by atoms with Gasteiger partial charge in [0.05, 0.1) is 3.57 Å². The zero-order chi connectivity index (χ0) is 9.14. The average Bonchev–Trinajstić information content (AvgIpc) is 2.09. The van der Waals surface area contributed by atoms with Crippen LogP contribution in [-0.2, 0) is 6.54 Å². The Morgan fingerprint density at radius 1 is 1.67 bits per heavy atom. The summed E-state index contributed by atoms with van der Waals surface area (Å²) in [6, 6.07) is 1.87. The van der Waals surface area contributed by atoms with Crippen LogP contribution in [0.3, 0.4) is 0 Å². The fourth-order valence-electron chi connectivity index (χ4n) is 0.857. The van der Waals surface area contributed by atoms with Crippen molar-refractivity contribution >= 4 is 22.6 Å². The number of pyridine rings is 1. The maximum absolute atomic E-state index is 11.2. The molecule has 0 unspecified atom stereocenters. The lowest BCUT2D eigenvalue weighted by Crippen LogP contribution is -2.13. The Kier molecular flexibility index (Phi) is 2.87. The third kappa shape index (κ3) is 1.67. The molecule has 0 bridgehead atoms. The van der Waals surface area contributed by atoms with Gasteiger partial charge in [0, 0.05) is 18.9 Å². The molecule has 62 valence electrons. The van der Waals surface area contributed by atoms with E-state index in [0.29, 0.717) is 3.57 Å². The number of aromatic nitrogens is 1. The topological polar surface area (TPSA) is 45.8 Å². The summed E-state index contributed by atoms with van der Waals surface area (Å²) in [6.45, 7) is 2.73. The van der Waals surface area contributed by atoms with Crippen molar-refractivity contribution in [3.63, 3.8) is 0 Å². The summed E-state index contributed by atoms with van der Waals surface area (Å²) >= 11 is 1.94. The Labute approximate surface area is 83.8 Å². The molecule has 3 nitrogen and oxygen atoms in total. The van der Waals surface area contributed by atoms with Gasteiger partial charge >= 0.3 is 0 Å². The molecule has 12 heavy (non-hydrogen) atoms. The van der Waals surface area contributed by atoms with E-state index in [2.05, 4.69) is 0 Å². The first kappa shape index (κ1) is 9.26. The molecule has 1 heterocycles. The van der Waals surface area contributed by atoms with Crippen LogP contribution in [0.2, 0.25) is 0 Å². The van der Waals surface area contributed by atoms with E-state index >= 15 is 0 Å². The Hall–Kier alpha value is -0.830. The number of nitriles is 1. The summed E-state index contributed by atoms with van der Waals surface area (Å²) in [5.74, 6) is 0. The predicted molar refractivity (Wildman–Crippen MR) is 53.8 cm³/mol. The van der Waals surface area contributed by atoms with Crippen LogP contribution in [0.1, 0.15) is 12.5 Å². The minimum absolute atomic E-state index is 0.178. The standard InChI is InChI=1S/C8H7IN2O/c1-2-11-4-6(3-10)8(12)7(9)5-11/h4-5H,2H2,1H3. The van der Waals surface area contributed by atoms with Gasteiger partial charge in [0.2, 0.25) is 5.43 Å². The van der Waals surface area contributed by atoms with Gasteiger partial charge in [-0.3, -0.25) is 4.79 Å². The van der Waals surface area contributed by atoms with E-state index < -0.39 is 0 Å². The van der Waals surface area contributed by atoms with Crippen LogP contribution in [0.15, 0.2) is 17.2 Å². The van der Waals surface area contributed by atoms with Crippen molar-refractivity contribution in [3.05, 3.63) is 31.8 Å². The van der Waals surface area contributed by atoms with Gasteiger partial charge in [-0.05, 0) is 29.5 Å². The molecule has 0 radical (unpaired) electrons. The Bertz CT molecular complexity index is 389. The van der Waals surface area contributed by atoms with Gasteiger partial charge in [-0.15, -0.1) is 0 Å². The number of nitrogens with zero attached hydrogens (tertiary/aromatic N) is 2. The summed E-state index contributed by atoms with van der Waals surface area (Å²) in [5, 5.41) is 8.60. The molecule has 1 aromatic rings. The van der Waals surface area contributed by atoms with Crippen molar-refractivity contribution in [2.45, 2.75) is 13.5 Å². The van der Waals surface area contributed by atoms with Crippen LogP contribution >= 0.6 is 22.6 Å². The highest BCUT2D eigenvalue weighted by Crippen LogP contribution is 2.00. The van der Waals surface area contributed by atoms with E-state index in [9.17, 15) is 4.79 Å². The number of aryl methyl sites for hydroxylation is 1. The highest BCUT2D eigenvalue weighted by Gasteiger charge is 2.02. The largest absolute Gasteiger partial charge is 0.352 e. The van der Waals surface area contributed by atoms with Gasteiger partial charge in [0.25, 0.3) is 0 Å². The predicted octanol–water partition coefficient (Wildman–Crippen LogP) is 1.34. The Balaban J connectivity index is 3.42. The molecule has 4 heteroatoms. The monoisotopic (exact) mass is 274 g/mol. The number of hydrogen-bond donors (Lipinski definition) is 0. The Morgan fingerprint density at radius 3 is 2.83 bits per heavy atom. The first-order valence-corrected chi connectivity index (χ1v) is 4.56. The zero-order valence-corrected chi connectivity index (χ0v) is 8.70. The summed E-state index contributed by atoms with van der Waals surface area (Å²) < 4.78 is 2.41. The van der Waals surface area contributed by atoms with E-state index in [0.717, 1.165) is 6.54 Å². The molecule has 1 rings (SSSR count). The van der Waals surface area contributed by atoms with E-state index in [1.165, 1.54) is 0 Å². The fourth-order valence-corrected chi connectivity index (χ4v) is 1.51. The second kappa shape index (κ2) is 3.72. The highest BCUT2D eigenvalue weighted by molar-refractivity contribution is 14.1. The van der Waals surface area contributed by atoms with Gasteiger partial charge < -0.3 is 4.57 Å². The molecule has 0 aliphatic heterocycles. The van der Waals surface area contributed by atoms with Gasteiger partial charge in [-0.25, -0.2) is 0 Å². The quantitative estimate of drug-likeness (QED) is 0.725. The van der Waals surface area contributed by atoms with Crippen LogP contribution in [0.4, 0.5) is 0 Å². The van der Waals surface area contributed by atoms with E-state index in [1.54, 1.807) is 12.4 Å². The van der Waals surface area contributed by atoms with E-state index in [-0.39, 0.29) is 11.0 Å². The van der Waals surface area contributed by atoms with Gasteiger partial charge in [0.1, 0.15) is 11.6 Å². The summed E-state index contributed by atoms with van der Waals surface area (Å²) in [7, 11) is 0. The van der Waals surface area contributed by atoms with Crippen LogP contribution < -0.4 is 5.43 Å². The highest BCUT2D eigenvalue weighted by atomic mass is 127. The first-order chi connectivity index (χ1) is 5.69. The lowest BCUT2D eigenvalue weighted by molar-refractivity contribution is 0.748. The molecule has 1 aromatic heterocycles. The molecule has 0 spiro atoms. The second-order valence-electron chi connectivity index (χ2n) is 2.29. The molecule has 0 aliphatic rings. The maximum Gasteiger partial charge on any atom is 0.212 e. The van der Waals surface area contributed by atoms with Gasteiger partial charge in [-0.1, -0.05) is 0 Å². The summed E-state index contributed by atoms with van der Waals surface area (Å²) in [5.41, 5.74) is 0.0338. The van der Waals surface area contributed by atoms with Crippen molar-refractivity contribution in [1.82, 2.24) is 4.57 Å². The van der Waals surface area contributed by atoms with Crippen LogP contribution in [0.5, 0.6) is 0 Å². The van der Waals surface area contributed by atoms with Crippen molar-refractivity contribution in [1.29, 1.82) is 5.26 Å². The molecule has 0 saturated carbocycles. The molecule has 0 aliphatic carbocycles. The van der Waals surface area contributed by atoms with E-state index in [4.69, 9.17) is 5.26 Å². The molecule has 0 aromatic carbocycles. The van der Waals surface area contributed by atoms with Gasteiger partial charge in [0.15, 0.2) is 0 Å².